The molecular formula is C19H18ClF5N6O3S. The average molecular weight is 541 g/mol. The molecule has 1 saturated carbocycles. The summed E-state index contributed by atoms with van der Waals surface area (Å²) in [6.07, 6.45) is -2.94. The lowest BCUT2D eigenvalue weighted by Gasteiger charge is -2.35. The topological polar surface area (TPSA) is 135 Å². The maximum atomic E-state index is 13.9. The van der Waals surface area contributed by atoms with Crippen molar-refractivity contribution < 1.29 is 36.6 Å². The quantitative estimate of drug-likeness (QED) is 0.363. The molecule has 0 radical (unpaired) electrons. The largest absolute Gasteiger partial charge is 0.490 e. The molecule has 9 nitrogen and oxygen atoms in total. The van der Waals surface area contributed by atoms with Crippen LogP contribution < -0.4 is 16.4 Å². The normalized spacial score (nSPS) is 19.5. The third-order valence-corrected chi connectivity index (χ3v) is 6.18. The van der Waals surface area contributed by atoms with E-state index in [2.05, 4.69) is 20.7 Å². The number of carbonyl (C=O) groups is 2. The summed E-state index contributed by atoms with van der Waals surface area (Å²) in [7, 11) is 0. The molecule has 190 valence electrons. The molecule has 0 unspecified atom stereocenters. The van der Waals surface area contributed by atoms with Gasteiger partial charge < -0.3 is 21.5 Å². The van der Waals surface area contributed by atoms with Gasteiger partial charge in [0.15, 0.2) is 0 Å². The van der Waals surface area contributed by atoms with Crippen LogP contribution in [0.4, 0.5) is 33.6 Å². The summed E-state index contributed by atoms with van der Waals surface area (Å²) in [5, 5.41) is 20.9. The Labute approximate surface area is 203 Å². The van der Waals surface area contributed by atoms with Crippen molar-refractivity contribution in [3.8, 4) is 0 Å². The van der Waals surface area contributed by atoms with Crippen molar-refractivity contribution in [2.75, 3.05) is 10.6 Å². The number of thiophene rings is 1. The highest BCUT2D eigenvalue weighted by atomic mass is 35.5. The molecule has 5 N–H and O–H groups in total. The molecular weight excluding hydrogens is 523 g/mol. The third-order valence-electron chi connectivity index (χ3n) is 5.00. The van der Waals surface area contributed by atoms with Gasteiger partial charge in [0.05, 0.1) is 34.5 Å². The van der Waals surface area contributed by atoms with Crippen LogP contribution in [0.2, 0.25) is 5.02 Å². The number of fused-ring (bicyclic) bond motifs is 1. The second kappa shape index (κ2) is 10.3. The summed E-state index contributed by atoms with van der Waals surface area (Å²) in [6, 6.07) is 1.31. The Balaban J connectivity index is 0.000000429. The van der Waals surface area contributed by atoms with Gasteiger partial charge >= 0.3 is 12.1 Å². The molecule has 0 bridgehead atoms. The van der Waals surface area contributed by atoms with E-state index in [0.29, 0.717) is 29.1 Å². The first kappa shape index (κ1) is 26.6. The van der Waals surface area contributed by atoms with Crippen LogP contribution in [0, 0.1) is 0 Å². The summed E-state index contributed by atoms with van der Waals surface area (Å²) in [5.74, 6) is -5.96. The van der Waals surface area contributed by atoms with Gasteiger partial charge in [0.25, 0.3) is 11.8 Å². The minimum absolute atomic E-state index is 0.129. The number of aliphatic carboxylic acids is 1. The first-order chi connectivity index (χ1) is 16.3. The molecule has 0 aliphatic heterocycles. The molecule has 3 aromatic heterocycles. The van der Waals surface area contributed by atoms with E-state index in [9.17, 15) is 26.7 Å². The van der Waals surface area contributed by atoms with Gasteiger partial charge in [0.1, 0.15) is 5.69 Å². The number of halogens is 6. The van der Waals surface area contributed by atoms with Gasteiger partial charge in [-0.3, -0.25) is 4.79 Å². The first-order valence-electron chi connectivity index (χ1n) is 9.87. The number of nitrogens with one attached hydrogen (secondary N) is 2. The van der Waals surface area contributed by atoms with E-state index in [1.54, 1.807) is 22.9 Å². The smallest absolute Gasteiger partial charge is 0.475 e. The number of carboxylic acids is 1. The van der Waals surface area contributed by atoms with E-state index >= 15 is 0 Å². The standard InChI is InChI=1S/C17H17ClF2N6OS.C2HF3O2/c18-10-7-28-8-12(10)23-15(27)13-4-3-9-6-22-16(25-26(9)13)24-11-2-1-5-17(19,20)14(11)21;3-2(4,5)1(6)7/h3-4,6-8,11,14H,1-2,5,21H2,(H,23,27)(H,24,25);(H,6,7)/t11-,14-;/m1./s1. The maximum absolute atomic E-state index is 13.9. The number of hydrogen-bond acceptors (Lipinski definition) is 7. The zero-order valence-electron chi connectivity index (χ0n) is 17.5. The SMILES string of the molecule is N[C@@H]1[C@H](Nc2ncc3ccc(C(=O)Nc4cscc4Cl)n3n2)CCCC1(F)F.O=C(O)C(F)(F)F. The highest BCUT2D eigenvalue weighted by Gasteiger charge is 2.45. The molecule has 1 aliphatic carbocycles. The van der Waals surface area contributed by atoms with Crippen LogP contribution in [0.3, 0.4) is 0 Å². The van der Waals surface area contributed by atoms with Crippen molar-refractivity contribution in [1.82, 2.24) is 14.6 Å². The Kier molecular flexibility index (Phi) is 7.81. The molecule has 4 rings (SSSR count). The van der Waals surface area contributed by atoms with Crippen LogP contribution >= 0.6 is 22.9 Å². The van der Waals surface area contributed by atoms with E-state index in [0.717, 1.165) is 0 Å². The van der Waals surface area contributed by atoms with Gasteiger partial charge in [-0.15, -0.1) is 16.4 Å². The third kappa shape index (κ3) is 6.35. The summed E-state index contributed by atoms with van der Waals surface area (Å²) in [6.45, 7) is 0. The van der Waals surface area contributed by atoms with Crippen molar-refractivity contribution in [1.29, 1.82) is 0 Å². The van der Waals surface area contributed by atoms with Crippen LogP contribution in [0.5, 0.6) is 0 Å². The Morgan fingerprint density at radius 3 is 2.57 bits per heavy atom. The monoisotopic (exact) mass is 540 g/mol. The van der Waals surface area contributed by atoms with Gasteiger partial charge in [0, 0.05) is 17.2 Å². The molecule has 0 spiro atoms. The van der Waals surface area contributed by atoms with E-state index in [4.69, 9.17) is 27.2 Å². The Morgan fingerprint density at radius 2 is 1.97 bits per heavy atom. The number of carboxylic acid groups (broad SMARTS) is 1. The van der Waals surface area contributed by atoms with Crippen molar-refractivity contribution in [3.63, 3.8) is 0 Å². The number of hydrogen-bond donors (Lipinski definition) is 4. The summed E-state index contributed by atoms with van der Waals surface area (Å²) < 4.78 is 60.9. The van der Waals surface area contributed by atoms with Crippen LogP contribution in [-0.2, 0) is 4.79 Å². The maximum Gasteiger partial charge on any atom is 0.490 e. The molecule has 3 heterocycles. The molecule has 35 heavy (non-hydrogen) atoms. The zero-order valence-corrected chi connectivity index (χ0v) is 19.1. The molecule has 16 heteroatoms. The first-order valence-corrected chi connectivity index (χ1v) is 11.2. The van der Waals surface area contributed by atoms with E-state index in [-0.39, 0.29) is 18.1 Å². The number of aromatic nitrogens is 3. The Hall–Kier alpha value is -3.04. The minimum atomic E-state index is -5.08. The molecule has 1 fully saturated rings. The zero-order chi connectivity index (χ0) is 26.0. The number of amides is 1. The fourth-order valence-corrected chi connectivity index (χ4v) is 4.18. The molecule has 0 saturated heterocycles. The fourth-order valence-electron chi connectivity index (χ4n) is 3.22. The van der Waals surface area contributed by atoms with Gasteiger partial charge in [-0.25, -0.2) is 23.1 Å². The molecule has 1 aliphatic rings. The van der Waals surface area contributed by atoms with E-state index < -0.39 is 36.1 Å². The summed E-state index contributed by atoms with van der Waals surface area (Å²) >= 11 is 7.38. The van der Waals surface area contributed by atoms with Crippen molar-refractivity contribution in [3.05, 3.63) is 39.8 Å². The molecule has 0 aromatic carbocycles. The number of alkyl halides is 5. The predicted octanol–water partition coefficient (Wildman–Crippen LogP) is 4.26. The number of nitrogens with two attached hydrogens (primary N) is 1. The fraction of sp³-hybridized carbons (Fsp3) is 0.368. The van der Waals surface area contributed by atoms with Gasteiger partial charge in [-0.2, -0.15) is 13.2 Å². The number of nitrogens with zero attached hydrogens (tertiary/aromatic N) is 3. The van der Waals surface area contributed by atoms with Crippen molar-refractivity contribution >= 4 is 52.0 Å². The molecule has 2 atom stereocenters. The molecule has 1 amide bonds. The van der Waals surface area contributed by atoms with Gasteiger partial charge in [0.2, 0.25) is 5.95 Å². The number of anilines is 2. The average Bonchev–Trinajstić information content (AvgIpc) is 3.37. The van der Waals surface area contributed by atoms with Gasteiger partial charge in [-0.1, -0.05) is 11.6 Å². The lowest BCUT2D eigenvalue weighted by atomic mass is 9.87. The van der Waals surface area contributed by atoms with Crippen LogP contribution in [0.1, 0.15) is 29.8 Å². The Bertz CT molecular complexity index is 1220. The summed E-state index contributed by atoms with van der Waals surface area (Å²) in [5.41, 5.74) is 7.08. The van der Waals surface area contributed by atoms with Crippen molar-refractivity contribution in [2.45, 2.75) is 43.4 Å². The lowest BCUT2D eigenvalue weighted by molar-refractivity contribution is -0.192. The van der Waals surface area contributed by atoms with Crippen LogP contribution in [0.15, 0.2) is 29.1 Å². The minimum Gasteiger partial charge on any atom is -0.475 e. The highest BCUT2D eigenvalue weighted by molar-refractivity contribution is 7.09. The van der Waals surface area contributed by atoms with Crippen LogP contribution in [0.25, 0.3) is 5.52 Å². The second-order valence-electron chi connectivity index (χ2n) is 7.46. The van der Waals surface area contributed by atoms with Gasteiger partial charge in [-0.05, 0) is 25.0 Å². The van der Waals surface area contributed by atoms with Crippen LogP contribution in [-0.4, -0.2) is 55.8 Å². The second-order valence-corrected chi connectivity index (χ2v) is 8.61. The Morgan fingerprint density at radius 1 is 1.29 bits per heavy atom. The molecule has 3 aromatic rings. The summed E-state index contributed by atoms with van der Waals surface area (Å²) in [4.78, 5) is 25.6. The number of rotatable bonds is 4. The lowest BCUT2D eigenvalue weighted by Crippen LogP contribution is -2.55. The predicted molar refractivity (Wildman–Crippen MR) is 118 cm³/mol. The van der Waals surface area contributed by atoms with E-state index in [1.165, 1.54) is 22.0 Å². The van der Waals surface area contributed by atoms with Crippen molar-refractivity contribution in [2.24, 2.45) is 5.73 Å². The highest BCUT2D eigenvalue weighted by Crippen LogP contribution is 2.33. The number of carbonyl (C=O) groups excluding carboxylic acids is 1. The van der Waals surface area contributed by atoms with E-state index in [1.807, 2.05) is 0 Å².